The third-order valence-electron chi connectivity index (χ3n) is 4.70. The van der Waals surface area contributed by atoms with Gasteiger partial charge in [0.25, 0.3) is 0 Å². The first kappa shape index (κ1) is 23.4. The summed E-state index contributed by atoms with van der Waals surface area (Å²) < 4.78 is 0. The molecule has 0 aliphatic rings. The number of primary amides is 2. The average molecular weight is 357 g/mol. The third-order valence-corrected chi connectivity index (χ3v) is 4.70. The number of carbonyl (C=O) groups is 3. The van der Waals surface area contributed by atoms with Crippen LogP contribution in [-0.4, -0.2) is 22.9 Å². The molecule has 0 radical (unpaired) electrons. The number of unbranched alkanes of at least 4 members (excludes halogenated alkanes) is 11. The first-order valence-corrected chi connectivity index (χ1v) is 9.73. The van der Waals surface area contributed by atoms with Crippen LogP contribution in [0.15, 0.2) is 0 Å². The highest BCUT2D eigenvalue weighted by Crippen LogP contribution is 2.21. The Hall–Kier alpha value is -1.59. The van der Waals surface area contributed by atoms with Crippen LogP contribution in [-0.2, 0) is 14.4 Å². The SMILES string of the molecule is CCCCCCCCCCCCCCC(C(=O)O)C(C(N)=O)C(N)=O. The normalized spacial score (nSPS) is 12.2. The number of carboxylic acids is 1. The van der Waals surface area contributed by atoms with Crippen LogP contribution in [0.3, 0.4) is 0 Å². The van der Waals surface area contributed by atoms with Gasteiger partial charge in [0.1, 0.15) is 5.92 Å². The van der Waals surface area contributed by atoms with Crippen molar-refractivity contribution in [1.29, 1.82) is 0 Å². The summed E-state index contributed by atoms with van der Waals surface area (Å²) in [6.07, 6.45) is 14.4. The number of nitrogens with two attached hydrogens (primary N) is 2. The van der Waals surface area contributed by atoms with Gasteiger partial charge >= 0.3 is 5.97 Å². The largest absolute Gasteiger partial charge is 0.481 e. The van der Waals surface area contributed by atoms with E-state index in [9.17, 15) is 19.5 Å². The second-order valence-corrected chi connectivity index (χ2v) is 6.90. The van der Waals surface area contributed by atoms with Crippen molar-refractivity contribution >= 4 is 17.8 Å². The van der Waals surface area contributed by atoms with E-state index in [2.05, 4.69) is 6.92 Å². The Morgan fingerprint density at radius 3 is 1.40 bits per heavy atom. The number of amides is 2. The van der Waals surface area contributed by atoms with Crippen molar-refractivity contribution in [1.82, 2.24) is 0 Å². The molecule has 0 aliphatic heterocycles. The monoisotopic (exact) mass is 356 g/mol. The summed E-state index contributed by atoms with van der Waals surface area (Å²) >= 11 is 0. The minimum absolute atomic E-state index is 0.253. The van der Waals surface area contributed by atoms with E-state index in [1.165, 1.54) is 51.4 Å². The second-order valence-electron chi connectivity index (χ2n) is 6.90. The maximum absolute atomic E-state index is 11.3. The molecule has 0 spiro atoms. The van der Waals surface area contributed by atoms with Crippen LogP contribution in [0, 0.1) is 11.8 Å². The van der Waals surface area contributed by atoms with Crippen LogP contribution in [0.25, 0.3) is 0 Å². The molecule has 0 aromatic carbocycles. The van der Waals surface area contributed by atoms with Crippen LogP contribution in [0.2, 0.25) is 0 Å². The predicted octanol–water partition coefficient (Wildman–Crippen LogP) is 3.37. The summed E-state index contributed by atoms with van der Waals surface area (Å²) in [4.78, 5) is 33.8. The van der Waals surface area contributed by atoms with Gasteiger partial charge in [0.05, 0.1) is 5.92 Å². The summed E-state index contributed by atoms with van der Waals surface area (Å²) in [6.45, 7) is 2.22. The molecule has 0 saturated carbocycles. The summed E-state index contributed by atoms with van der Waals surface area (Å²) in [7, 11) is 0. The molecular formula is C19H36N2O4. The zero-order valence-electron chi connectivity index (χ0n) is 15.7. The molecule has 25 heavy (non-hydrogen) atoms. The summed E-state index contributed by atoms with van der Waals surface area (Å²) in [5.74, 6) is -5.65. The van der Waals surface area contributed by atoms with Crippen LogP contribution in [0.4, 0.5) is 0 Å². The molecule has 0 saturated heterocycles. The first-order chi connectivity index (χ1) is 11.9. The Labute approximate surface area is 151 Å². The first-order valence-electron chi connectivity index (χ1n) is 9.73. The van der Waals surface area contributed by atoms with Gasteiger partial charge in [0, 0.05) is 0 Å². The quantitative estimate of drug-likeness (QED) is 0.273. The highest BCUT2D eigenvalue weighted by atomic mass is 16.4. The molecule has 0 heterocycles. The Morgan fingerprint density at radius 2 is 1.08 bits per heavy atom. The Morgan fingerprint density at radius 1 is 0.720 bits per heavy atom. The van der Waals surface area contributed by atoms with Gasteiger partial charge in [-0.3, -0.25) is 14.4 Å². The third kappa shape index (κ3) is 11.6. The molecule has 146 valence electrons. The van der Waals surface area contributed by atoms with E-state index in [0.29, 0.717) is 6.42 Å². The molecule has 0 aromatic rings. The zero-order valence-corrected chi connectivity index (χ0v) is 15.7. The van der Waals surface area contributed by atoms with E-state index < -0.39 is 29.6 Å². The maximum atomic E-state index is 11.3. The van der Waals surface area contributed by atoms with Gasteiger partial charge in [-0.05, 0) is 6.42 Å². The van der Waals surface area contributed by atoms with E-state index >= 15 is 0 Å². The zero-order chi connectivity index (χ0) is 19.1. The highest BCUT2D eigenvalue weighted by Gasteiger charge is 2.36. The van der Waals surface area contributed by atoms with Gasteiger partial charge in [0.2, 0.25) is 11.8 Å². The summed E-state index contributed by atoms with van der Waals surface area (Å²) in [6, 6.07) is 0. The lowest BCUT2D eigenvalue weighted by Gasteiger charge is -2.18. The number of hydrogen-bond donors (Lipinski definition) is 3. The van der Waals surface area contributed by atoms with Crippen LogP contribution < -0.4 is 11.5 Å². The smallest absolute Gasteiger partial charge is 0.307 e. The van der Waals surface area contributed by atoms with E-state index in [4.69, 9.17) is 11.5 Å². The number of rotatable bonds is 17. The molecule has 0 bridgehead atoms. The molecular weight excluding hydrogens is 320 g/mol. The molecule has 0 aliphatic carbocycles. The minimum atomic E-state index is -1.43. The van der Waals surface area contributed by atoms with Crippen molar-refractivity contribution in [3.8, 4) is 0 Å². The highest BCUT2D eigenvalue weighted by molar-refractivity contribution is 6.02. The summed E-state index contributed by atoms with van der Waals surface area (Å²) in [5, 5.41) is 9.20. The van der Waals surface area contributed by atoms with Crippen LogP contribution >= 0.6 is 0 Å². The Kier molecular flexibility index (Phi) is 13.8. The topological polar surface area (TPSA) is 123 Å². The molecule has 1 unspecified atom stereocenters. The minimum Gasteiger partial charge on any atom is -0.481 e. The van der Waals surface area contributed by atoms with Crippen molar-refractivity contribution < 1.29 is 19.5 Å². The molecule has 6 heteroatoms. The Balaban J connectivity index is 3.78. The number of aliphatic carboxylic acids is 1. The van der Waals surface area contributed by atoms with Gasteiger partial charge in [-0.2, -0.15) is 0 Å². The number of carbonyl (C=O) groups excluding carboxylic acids is 2. The lowest BCUT2D eigenvalue weighted by atomic mass is 9.86. The van der Waals surface area contributed by atoms with Crippen LogP contribution in [0.5, 0.6) is 0 Å². The fourth-order valence-corrected chi connectivity index (χ4v) is 3.17. The van der Waals surface area contributed by atoms with E-state index in [0.717, 1.165) is 19.3 Å². The van der Waals surface area contributed by atoms with Gasteiger partial charge in [0.15, 0.2) is 0 Å². The summed E-state index contributed by atoms with van der Waals surface area (Å²) in [5.41, 5.74) is 10.2. The van der Waals surface area contributed by atoms with Gasteiger partial charge in [-0.25, -0.2) is 0 Å². The van der Waals surface area contributed by atoms with Gasteiger partial charge < -0.3 is 16.6 Å². The molecule has 6 nitrogen and oxygen atoms in total. The molecule has 0 aromatic heterocycles. The lowest BCUT2D eigenvalue weighted by Crippen LogP contribution is -2.43. The van der Waals surface area contributed by atoms with Crippen molar-refractivity contribution in [2.24, 2.45) is 23.3 Å². The second kappa shape index (κ2) is 14.7. The number of hydrogen-bond acceptors (Lipinski definition) is 3. The predicted molar refractivity (Wildman–Crippen MR) is 98.7 cm³/mol. The standard InChI is InChI=1S/C19H36N2O4/c1-2-3-4-5-6-7-8-9-10-11-12-13-14-15(19(24)25)16(17(20)22)18(21)23/h15-16H,2-14H2,1H3,(H2,20,22)(H2,21,23)(H,24,25). The fraction of sp³-hybridized carbons (Fsp3) is 0.842. The molecule has 0 fully saturated rings. The average Bonchev–Trinajstić information content (AvgIpc) is 2.53. The van der Waals surface area contributed by atoms with Crippen LogP contribution in [0.1, 0.15) is 90.4 Å². The fourth-order valence-electron chi connectivity index (χ4n) is 3.17. The van der Waals surface area contributed by atoms with Gasteiger partial charge in [-0.1, -0.05) is 84.0 Å². The van der Waals surface area contributed by atoms with E-state index in [1.54, 1.807) is 0 Å². The number of carboxylic acid groups (broad SMARTS) is 1. The van der Waals surface area contributed by atoms with E-state index in [-0.39, 0.29) is 6.42 Å². The van der Waals surface area contributed by atoms with Crippen molar-refractivity contribution in [3.05, 3.63) is 0 Å². The van der Waals surface area contributed by atoms with Crippen molar-refractivity contribution in [2.45, 2.75) is 90.4 Å². The van der Waals surface area contributed by atoms with E-state index in [1.807, 2.05) is 0 Å². The Bertz CT molecular complexity index is 385. The maximum Gasteiger partial charge on any atom is 0.307 e. The molecule has 5 N–H and O–H groups in total. The van der Waals surface area contributed by atoms with Crippen molar-refractivity contribution in [2.75, 3.05) is 0 Å². The van der Waals surface area contributed by atoms with Gasteiger partial charge in [-0.15, -0.1) is 0 Å². The molecule has 2 amide bonds. The van der Waals surface area contributed by atoms with Crippen molar-refractivity contribution in [3.63, 3.8) is 0 Å². The molecule has 0 rings (SSSR count). The molecule has 1 atom stereocenters. The lowest BCUT2D eigenvalue weighted by molar-refractivity contribution is -0.150.